The fraction of sp³-hybridized carbons (Fsp3) is 0.929. The molecule has 9 atom stereocenters. The quantitative estimate of drug-likeness (QED) is 0.219. The first-order valence-electron chi connectivity index (χ1n) is 20.3. The topological polar surface area (TPSA) is 81.6 Å². The van der Waals surface area contributed by atoms with Gasteiger partial charge in [-0.05, 0) is 153 Å². The number of nitrogens with zero attached hydrogens (tertiary/aromatic N) is 1. The minimum atomic E-state index is -0.0577. The number of allylic oxidation sites excluding steroid dienone is 1. The molecular weight excluding hydrogens is 578 g/mol. The molecule has 7 unspecified atom stereocenters. The van der Waals surface area contributed by atoms with E-state index >= 15 is 0 Å². The lowest BCUT2D eigenvalue weighted by Crippen LogP contribution is -2.77. The Balaban J connectivity index is 0.906. The predicted octanol–water partition coefficient (Wildman–Crippen LogP) is 9.23. The number of ether oxygens (including phenoxy) is 1. The van der Waals surface area contributed by atoms with Crippen molar-refractivity contribution in [2.45, 2.75) is 168 Å². The van der Waals surface area contributed by atoms with Crippen LogP contribution in [0.3, 0.4) is 0 Å². The van der Waals surface area contributed by atoms with Gasteiger partial charge in [-0.2, -0.15) is 0 Å². The Hall–Kier alpha value is -1.07. The Kier molecular flexibility index (Phi) is 7.72. The summed E-state index contributed by atoms with van der Waals surface area (Å²) < 4.78 is 6.47. The normalized spacial score (nSPS) is 49.9. The second-order valence-corrected chi connectivity index (χ2v) is 20.8. The van der Waals surface area contributed by atoms with Crippen molar-refractivity contribution in [2.75, 3.05) is 13.1 Å². The summed E-state index contributed by atoms with van der Waals surface area (Å²) in [6.07, 6.45) is 23.3. The maximum atomic E-state index is 13.9. The molecule has 10 aliphatic rings. The molecule has 4 bridgehead atoms. The summed E-state index contributed by atoms with van der Waals surface area (Å²) in [5, 5.41) is 0. The van der Waals surface area contributed by atoms with E-state index in [4.69, 9.17) is 16.2 Å². The third kappa shape index (κ3) is 5.22. The monoisotopic (exact) mass is 648 g/mol. The van der Waals surface area contributed by atoms with Gasteiger partial charge in [0.15, 0.2) is 0 Å². The molecule has 264 valence electrons. The zero-order chi connectivity index (χ0) is 33.2. The third-order valence-corrected chi connectivity index (χ3v) is 17.2. The Morgan fingerprint density at radius 3 is 2.11 bits per heavy atom. The molecule has 0 saturated heterocycles. The molecule has 0 radical (unpaired) electrons. The van der Waals surface area contributed by atoms with Crippen molar-refractivity contribution < 1.29 is 9.53 Å². The van der Waals surface area contributed by atoms with Crippen LogP contribution in [0.4, 0.5) is 4.79 Å². The van der Waals surface area contributed by atoms with E-state index in [0.717, 1.165) is 106 Å². The van der Waals surface area contributed by atoms with Crippen LogP contribution in [0.5, 0.6) is 0 Å². The van der Waals surface area contributed by atoms with E-state index in [9.17, 15) is 4.79 Å². The number of fused-ring (bicyclic) bond motifs is 5. The van der Waals surface area contributed by atoms with Gasteiger partial charge >= 0.3 is 6.09 Å². The third-order valence-electron chi connectivity index (χ3n) is 17.2. The maximum Gasteiger partial charge on any atom is 0.410 e. The van der Waals surface area contributed by atoms with Crippen molar-refractivity contribution in [3.8, 4) is 0 Å². The minimum absolute atomic E-state index is 0.0204. The molecule has 47 heavy (non-hydrogen) atoms. The van der Waals surface area contributed by atoms with Crippen LogP contribution in [0.25, 0.3) is 0 Å². The van der Waals surface area contributed by atoms with Crippen LogP contribution in [-0.4, -0.2) is 41.3 Å². The highest BCUT2D eigenvalue weighted by atomic mass is 16.6. The van der Waals surface area contributed by atoms with Gasteiger partial charge < -0.3 is 21.1 Å². The van der Waals surface area contributed by atoms with Gasteiger partial charge in [0.25, 0.3) is 0 Å². The summed E-state index contributed by atoms with van der Waals surface area (Å²) in [6, 6.07) is 0. The number of carbonyl (C=O) groups is 1. The molecule has 5 nitrogen and oxygen atoms in total. The highest BCUT2D eigenvalue weighted by Gasteiger charge is 2.69. The molecule has 9 fully saturated rings. The second-order valence-electron chi connectivity index (χ2n) is 20.8. The zero-order valence-corrected chi connectivity index (χ0v) is 31.0. The average molecular weight is 648 g/mol. The summed E-state index contributed by atoms with van der Waals surface area (Å²) in [6.45, 7) is 16.8. The maximum absolute atomic E-state index is 13.9. The van der Waals surface area contributed by atoms with E-state index in [1.807, 2.05) is 0 Å². The first-order chi connectivity index (χ1) is 22.1. The molecule has 9 saturated carbocycles. The van der Waals surface area contributed by atoms with Gasteiger partial charge in [0, 0.05) is 30.6 Å². The number of hydrogen-bond donors (Lipinski definition) is 2. The van der Waals surface area contributed by atoms with Crippen LogP contribution in [0.1, 0.15) is 151 Å². The predicted molar refractivity (Wildman–Crippen MR) is 190 cm³/mol. The fourth-order valence-corrected chi connectivity index (χ4v) is 15.1. The Bertz CT molecular complexity index is 1210. The van der Waals surface area contributed by atoms with Crippen molar-refractivity contribution in [2.24, 2.45) is 74.6 Å². The molecule has 0 aliphatic heterocycles. The number of hydrogen-bond acceptors (Lipinski definition) is 4. The summed E-state index contributed by atoms with van der Waals surface area (Å²) in [5.74, 6) is 5.96. The highest BCUT2D eigenvalue weighted by Crippen LogP contribution is 2.69. The molecule has 0 aromatic heterocycles. The van der Waals surface area contributed by atoms with Crippen LogP contribution < -0.4 is 11.5 Å². The largest absolute Gasteiger partial charge is 0.446 e. The summed E-state index contributed by atoms with van der Waals surface area (Å²) >= 11 is 0. The molecule has 5 heteroatoms. The molecule has 4 N–H and O–H groups in total. The lowest BCUT2D eigenvalue weighted by atomic mass is 9.38. The number of carbonyl (C=O) groups excluding carboxylic acids is 1. The standard InChI is InChI=1S/C42H69N3O2/c1-7-29(27(2)3)9-8-28(4)33-12-13-34-32-11-10-30-18-31(14-16-37(30,5)35(32)15-17-38(33,34)6)47-36(46)45(25-39-19-41(43,20-39)21-39)26-40-22-42(44,23-40)24-40/h10,27-29,31-35H,7-9,11-26,43-44H2,1-6H3/t28-,29-,31?,32?,33?,34?,35?,37?,38?,39?,40?,41?,42?/m1/s1. The SMILES string of the molecule is CC[C@H](CC[C@@H](C)C1CCC2C3CC=C4CC(OC(=O)N(CC56CC(N)(C5)C6)CC56CC(N)(C5)C6)CCC4(C)C3CCC21C)C(C)C. The Morgan fingerprint density at radius 2 is 1.53 bits per heavy atom. The van der Waals surface area contributed by atoms with E-state index in [0.29, 0.717) is 5.41 Å². The van der Waals surface area contributed by atoms with Crippen LogP contribution in [-0.2, 0) is 4.74 Å². The lowest BCUT2D eigenvalue weighted by molar-refractivity contribution is -0.173. The second kappa shape index (κ2) is 11.0. The van der Waals surface area contributed by atoms with Crippen LogP contribution in [0.15, 0.2) is 11.6 Å². The van der Waals surface area contributed by atoms with E-state index in [1.165, 1.54) is 57.8 Å². The number of amides is 1. The van der Waals surface area contributed by atoms with Crippen LogP contribution >= 0.6 is 0 Å². The van der Waals surface area contributed by atoms with Crippen molar-refractivity contribution in [1.82, 2.24) is 4.90 Å². The zero-order valence-electron chi connectivity index (χ0n) is 31.0. The molecule has 0 aromatic carbocycles. The minimum Gasteiger partial charge on any atom is -0.446 e. The molecule has 10 aliphatic carbocycles. The van der Waals surface area contributed by atoms with E-state index in [1.54, 1.807) is 5.57 Å². The van der Waals surface area contributed by atoms with Gasteiger partial charge in [-0.1, -0.05) is 66.0 Å². The molecule has 0 heterocycles. The molecule has 0 spiro atoms. The molecule has 0 aromatic rings. The highest BCUT2D eigenvalue weighted by molar-refractivity contribution is 5.68. The van der Waals surface area contributed by atoms with Gasteiger partial charge in [-0.3, -0.25) is 0 Å². The van der Waals surface area contributed by atoms with Crippen molar-refractivity contribution in [3.05, 3.63) is 11.6 Å². The average Bonchev–Trinajstić information content (AvgIpc) is 3.31. The number of rotatable bonds is 11. The van der Waals surface area contributed by atoms with Gasteiger partial charge in [0.2, 0.25) is 0 Å². The summed E-state index contributed by atoms with van der Waals surface area (Å²) in [7, 11) is 0. The van der Waals surface area contributed by atoms with E-state index < -0.39 is 0 Å². The van der Waals surface area contributed by atoms with Gasteiger partial charge in [-0.25, -0.2) is 4.79 Å². The van der Waals surface area contributed by atoms with Crippen LogP contribution in [0, 0.1) is 63.1 Å². The van der Waals surface area contributed by atoms with E-state index in [-0.39, 0.29) is 39.5 Å². The molecule has 10 rings (SSSR count). The van der Waals surface area contributed by atoms with Crippen LogP contribution in [0.2, 0.25) is 0 Å². The van der Waals surface area contributed by atoms with Crippen molar-refractivity contribution >= 4 is 6.09 Å². The van der Waals surface area contributed by atoms with Gasteiger partial charge in [-0.15, -0.1) is 0 Å². The van der Waals surface area contributed by atoms with Crippen molar-refractivity contribution in [1.29, 1.82) is 0 Å². The van der Waals surface area contributed by atoms with Gasteiger partial charge in [0.05, 0.1) is 0 Å². The Morgan fingerprint density at radius 1 is 0.894 bits per heavy atom. The molecular formula is C42H69N3O2. The first-order valence-corrected chi connectivity index (χ1v) is 20.3. The number of nitrogens with two attached hydrogens (primary N) is 2. The van der Waals surface area contributed by atoms with Crippen molar-refractivity contribution in [3.63, 3.8) is 0 Å². The lowest BCUT2D eigenvalue weighted by Gasteiger charge is -2.72. The van der Waals surface area contributed by atoms with E-state index in [2.05, 4.69) is 52.5 Å². The fourth-order valence-electron chi connectivity index (χ4n) is 15.1. The van der Waals surface area contributed by atoms with Gasteiger partial charge in [0.1, 0.15) is 6.10 Å². The first kappa shape index (κ1) is 33.1. The summed E-state index contributed by atoms with van der Waals surface area (Å²) in [5.41, 5.74) is 15.9. The Labute approximate surface area is 287 Å². The smallest absolute Gasteiger partial charge is 0.410 e. The molecule has 1 amide bonds. The summed E-state index contributed by atoms with van der Waals surface area (Å²) in [4.78, 5) is 16.0.